The van der Waals surface area contributed by atoms with Crippen LogP contribution < -0.4 is 0 Å². The number of hydrogen-bond donors (Lipinski definition) is 5. The molecule has 0 amide bonds. The summed E-state index contributed by atoms with van der Waals surface area (Å²) in [6, 6.07) is 2.84. The quantitative estimate of drug-likeness (QED) is 0.365. The van der Waals surface area contributed by atoms with E-state index >= 15 is 0 Å². The van der Waals surface area contributed by atoms with Gasteiger partial charge in [0.15, 0.2) is 6.29 Å². The molecule has 2 aliphatic rings. The van der Waals surface area contributed by atoms with Crippen LogP contribution in [-0.4, -0.2) is 87.5 Å². The molecular formula is C15H18O10S. The van der Waals surface area contributed by atoms with Crippen molar-refractivity contribution in [1.29, 1.82) is 0 Å². The first-order chi connectivity index (χ1) is 12.3. The van der Waals surface area contributed by atoms with Crippen molar-refractivity contribution in [3.8, 4) is 0 Å². The van der Waals surface area contributed by atoms with Gasteiger partial charge in [0, 0.05) is 4.88 Å². The van der Waals surface area contributed by atoms with Gasteiger partial charge in [-0.15, -0.1) is 11.3 Å². The molecule has 26 heavy (non-hydrogen) atoms. The molecule has 11 heteroatoms. The molecule has 3 heterocycles. The van der Waals surface area contributed by atoms with E-state index in [0.29, 0.717) is 4.88 Å². The second-order valence-corrected chi connectivity index (χ2v) is 7.10. The molecular weight excluding hydrogens is 372 g/mol. The number of cyclic esters (lactones) is 1. The minimum atomic E-state index is -1.61. The molecule has 2 fully saturated rings. The maximum atomic E-state index is 12.0. The van der Waals surface area contributed by atoms with E-state index in [4.69, 9.17) is 19.3 Å². The normalized spacial score (nSPS) is 37.5. The molecule has 0 aliphatic carbocycles. The molecule has 2 aliphatic heterocycles. The van der Waals surface area contributed by atoms with Gasteiger partial charge in [-0.1, -0.05) is 0 Å². The van der Waals surface area contributed by atoms with Gasteiger partial charge in [0.2, 0.25) is 0 Å². The molecule has 7 atom stereocenters. The minimum Gasteiger partial charge on any atom is -0.477 e. The Kier molecular flexibility index (Phi) is 5.58. The third-order valence-corrected chi connectivity index (χ3v) is 5.47. The van der Waals surface area contributed by atoms with Crippen molar-refractivity contribution >= 4 is 23.3 Å². The number of thiophene rings is 1. The van der Waals surface area contributed by atoms with Crippen LogP contribution in [0, 0.1) is 0 Å². The van der Waals surface area contributed by atoms with Crippen molar-refractivity contribution in [2.24, 2.45) is 0 Å². The number of esters is 1. The predicted molar refractivity (Wildman–Crippen MR) is 83.6 cm³/mol. The summed E-state index contributed by atoms with van der Waals surface area (Å²) in [6.07, 6.45) is -8.20. The lowest BCUT2D eigenvalue weighted by Gasteiger charge is -2.40. The molecule has 3 rings (SSSR count). The van der Waals surface area contributed by atoms with Gasteiger partial charge in [-0.25, -0.2) is 4.79 Å². The highest BCUT2D eigenvalue weighted by molar-refractivity contribution is 7.14. The first-order valence-electron chi connectivity index (χ1n) is 7.79. The average Bonchev–Trinajstić information content (AvgIpc) is 3.22. The highest BCUT2D eigenvalue weighted by Crippen LogP contribution is 2.36. The van der Waals surface area contributed by atoms with Crippen LogP contribution in [0.5, 0.6) is 0 Å². The minimum absolute atomic E-state index is 0.0475. The molecule has 2 unspecified atom stereocenters. The van der Waals surface area contributed by atoms with Gasteiger partial charge in [0.25, 0.3) is 0 Å². The lowest BCUT2D eigenvalue weighted by Crippen LogP contribution is -2.59. The van der Waals surface area contributed by atoms with Crippen molar-refractivity contribution in [2.45, 2.75) is 42.7 Å². The van der Waals surface area contributed by atoms with Gasteiger partial charge < -0.3 is 39.7 Å². The van der Waals surface area contributed by atoms with Gasteiger partial charge in [0.1, 0.15) is 47.9 Å². The number of rotatable bonds is 5. The molecule has 1 aromatic heterocycles. The van der Waals surface area contributed by atoms with Crippen molar-refractivity contribution in [3.63, 3.8) is 0 Å². The number of aromatic carboxylic acids is 1. The van der Waals surface area contributed by atoms with E-state index in [9.17, 15) is 30.0 Å². The van der Waals surface area contributed by atoms with E-state index in [2.05, 4.69) is 0 Å². The number of carboxylic acids is 1. The fourth-order valence-corrected chi connectivity index (χ4v) is 3.89. The number of carbonyl (C=O) groups is 2. The summed E-state index contributed by atoms with van der Waals surface area (Å²) in [5.41, 5.74) is 0. The Morgan fingerprint density at radius 1 is 1.23 bits per heavy atom. The highest BCUT2D eigenvalue weighted by Gasteiger charge is 2.48. The second-order valence-electron chi connectivity index (χ2n) is 5.99. The molecule has 1 aromatic rings. The lowest BCUT2D eigenvalue weighted by molar-refractivity contribution is -0.311. The molecule has 5 N–H and O–H groups in total. The summed E-state index contributed by atoms with van der Waals surface area (Å²) in [4.78, 5) is 23.5. The van der Waals surface area contributed by atoms with Crippen LogP contribution >= 0.6 is 11.3 Å². The summed E-state index contributed by atoms with van der Waals surface area (Å²) in [5.74, 6) is -2.65. The molecule has 0 spiro atoms. The van der Waals surface area contributed by atoms with Crippen molar-refractivity contribution in [3.05, 3.63) is 21.9 Å². The van der Waals surface area contributed by atoms with Crippen LogP contribution in [0.3, 0.4) is 0 Å². The summed E-state index contributed by atoms with van der Waals surface area (Å²) in [5, 5.41) is 47.8. The molecule has 0 saturated carbocycles. The number of aliphatic hydroxyl groups excluding tert-OH is 4. The first-order valence-corrected chi connectivity index (χ1v) is 8.60. The van der Waals surface area contributed by atoms with Crippen LogP contribution in [0.1, 0.15) is 20.5 Å². The zero-order valence-electron chi connectivity index (χ0n) is 13.3. The molecule has 144 valence electrons. The van der Waals surface area contributed by atoms with Gasteiger partial charge in [0.05, 0.1) is 6.61 Å². The van der Waals surface area contributed by atoms with Crippen LogP contribution in [0.15, 0.2) is 12.1 Å². The SMILES string of the molecule is O=C(O)c1ccc(C2C(=O)OC[C@H]2OC2O[C@H](CO)[C@@H](O)[C@H](O)[C@H]2O)s1. The second kappa shape index (κ2) is 7.56. The van der Waals surface area contributed by atoms with E-state index in [-0.39, 0.29) is 11.5 Å². The highest BCUT2D eigenvalue weighted by atomic mass is 32.1. The van der Waals surface area contributed by atoms with Crippen LogP contribution in [0.4, 0.5) is 0 Å². The van der Waals surface area contributed by atoms with E-state index in [0.717, 1.165) is 11.3 Å². The Morgan fingerprint density at radius 2 is 1.96 bits per heavy atom. The standard InChI is InChI=1S/C15H18O10S/c16-3-5-10(17)11(18)12(19)15(24-5)25-6-4-23-14(22)9(6)7-1-2-8(26-7)13(20)21/h1-2,5-6,9-12,15-19H,3-4H2,(H,20,21)/t5-,6-,9?,10-,11+,12-,15?/m1/s1. The van der Waals surface area contributed by atoms with E-state index in [1.807, 2.05) is 0 Å². The fourth-order valence-electron chi connectivity index (χ4n) is 2.91. The first kappa shape index (κ1) is 19.2. The van der Waals surface area contributed by atoms with Crippen LogP contribution in [-0.2, 0) is 19.0 Å². The monoisotopic (exact) mass is 390 g/mol. The van der Waals surface area contributed by atoms with Gasteiger partial charge in [-0.3, -0.25) is 4.79 Å². The Balaban J connectivity index is 1.77. The van der Waals surface area contributed by atoms with E-state index in [1.165, 1.54) is 12.1 Å². The van der Waals surface area contributed by atoms with Gasteiger partial charge in [-0.05, 0) is 12.1 Å². The maximum Gasteiger partial charge on any atom is 0.345 e. The average molecular weight is 390 g/mol. The number of ether oxygens (including phenoxy) is 3. The largest absolute Gasteiger partial charge is 0.477 e. The Morgan fingerprint density at radius 3 is 2.58 bits per heavy atom. The molecule has 2 saturated heterocycles. The third-order valence-electron chi connectivity index (χ3n) is 4.32. The van der Waals surface area contributed by atoms with Gasteiger partial charge in [-0.2, -0.15) is 0 Å². The Labute approximate surface area is 151 Å². The third kappa shape index (κ3) is 3.47. The molecule has 0 bridgehead atoms. The summed E-state index contributed by atoms with van der Waals surface area (Å²) < 4.78 is 15.8. The van der Waals surface area contributed by atoms with Crippen molar-refractivity contribution in [2.75, 3.05) is 13.2 Å². The van der Waals surface area contributed by atoms with Crippen LogP contribution in [0.2, 0.25) is 0 Å². The number of carboxylic acid groups (broad SMARTS) is 1. The topological polar surface area (TPSA) is 163 Å². The fraction of sp³-hybridized carbons (Fsp3) is 0.600. The summed E-state index contributed by atoms with van der Waals surface area (Å²) in [6.45, 7) is -0.764. The lowest BCUT2D eigenvalue weighted by atomic mass is 9.98. The predicted octanol–water partition coefficient (Wildman–Crippen LogP) is -1.73. The van der Waals surface area contributed by atoms with Crippen molar-refractivity contribution in [1.82, 2.24) is 0 Å². The molecule has 0 radical (unpaired) electrons. The zero-order valence-corrected chi connectivity index (χ0v) is 14.1. The summed E-state index contributed by atoms with van der Waals surface area (Å²) in [7, 11) is 0. The Hall–Kier alpha value is -1.60. The number of aliphatic hydroxyl groups is 4. The Bertz CT molecular complexity index is 673. The summed E-state index contributed by atoms with van der Waals surface area (Å²) >= 11 is 0.901. The smallest absolute Gasteiger partial charge is 0.345 e. The molecule has 0 aromatic carbocycles. The van der Waals surface area contributed by atoms with E-state index in [1.54, 1.807) is 0 Å². The maximum absolute atomic E-state index is 12.0. The van der Waals surface area contributed by atoms with Crippen LogP contribution in [0.25, 0.3) is 0 Å². The number of carbonyl (C=O) groups excluding carboxylic acids is 1. The van der Waals surface area contributed by atoms with Gasteiger partial charge >= 0.3 is 11.9 Å². The molecule has 10 nitrogen and oxygen atoms in total. The van der Waals surface area contributed by atoms with Crippen molar-refractivity contribution < 1.29 is 49.3 Å². The van der Waals surface area contributed by atoms with E-state index < -0.39 is 61.3 Å². The zero-order chi connectivity index (χ0) is 19.0. The number of hydrogen-bond acceptors (Lipinski definition) is 10.